The van der Waals surface area contributed by atoms with Gasteiger partial charge in [-0.15, -0.1) is 11.3 Å². The zero-order chi connectivity index (χ0) is 12.3. The van der Waals surface area contributed by atoms with Gasteiger partial charge >= 0.3 is 0 Å². The van der Waals surface area contributed by atoms with Crippen LogP contribution in [0.15, 0.2) is 17.0 Å². The maximum Gasteiger partial charge on any atom is 0.124 e. The van der Waals surface area contributed by atoms with E-state index in [9.17, 15) is 0 Å². The molecule has 2 heterocycles. The molecule has 0 aromatic carbocycles. The highest BCUT2D eigenvalue weighted by atomic mass is 32.1. The van der Waals surface area contributed by atoms with Gasteiger partial charge in [0.05, 0.1) is 0 Å². The fourth-order valence-electron chi connectivity index (χ4n) is 1.58. The topological polar surface area (TPSA) is 24.9 Å². The van der Waals surface area contributed by atoms with E-state index < -0.39 is 0 Å². The first-order chi connectivity index (χ1) is 8.16. The van der Waals surface area contributed by atoms with Gasteiger partial charge in [0.15, 0.2) is 0 Å². The van der Waals surface area contributed by atoms with E-state index >= 15 is 0 Å². The molecule has 0 saturated heterocycles. The molecule has 4 heteroatoms. The summed E-state index contributed by atoms with van der Waals surface area (Å²) in [7, 11) is 0. The minimum absolute atomic E-state index is 0.696. The number of aryl methyl sites for hydroxylation is 1. The molecule has 0 aliphatic heterocycles. The predicted octanol–water partition coefficient (Wildman–Crippen LogP) is 3.93. The molecule has 2 rings (SSSR count). The van der Waals surface area contributed by atoms with Crippen molar-refractivity contribution in [1.82, 2.24) is 10.3 Å². The van der Waals surface area contributed by atoms with Crippen molar-refractivity contribution in [2.45, 2.75) is 27.3 Å². The first-order valence-corrected chi connectivity index (χ1v) is 7.61. The van der Waals surface area contributed by atoms with Gasteiger partial charge in [-0.2, -0.15) is 11.3 Å². The number of hydrogen-bond donors (Lipinski definition) is 1. The number of aromatic nitrogens is 1. The molecule has 0 spiro atoms. The second kappa shape index (κ2) is 5.76. The summed E-state index contributed by atoms with van der Waals surface area (Å²) in [6.07, 6.45) is 1.99. The summed E-state index contributed by atoms with van der Waals surface area (Å²) in [4.78, 5) is 5.81. The standard InChI is InChI=1S/C13H18N2S2/c1-9(2)4-14-5-11-6-15-13(17-11)12-8-16-7-10(12)3/h6-9,14H,4-5H2,1-3H3. The minimum atomic E-state index is 0.696. The van der Waals surface area contributed by atoms with Crippen molar-refractivity contribution in [3.8, 4) is 10.6 Å². The van der Waals surface area contributed by atoms with Crippen molar-refractivity contribution in [2.75, 3.05) is 6.54 Å². The lowest BCUT2D eigenvalue weighted by atomic mass is 10.2. The van der Waals surface area contributed by atoms with Crippen LogP contribution in [-0.2, 0) is 6.54 Å². The number of thiophene rings is 1. The molecule has 1 N–H and O–H groups in total. The molecule has 0 fully saturated rings. The molecule has 0 amide bonds. The number of hydrogen-bond acceptors (Lipinski definition) is 4. The van der Waals surface area contributed by atoms with Gasteiger partial charge < -0.3 is 5.32 Å². The second-order valence-corrected chi connectivity index (χ2v) is 6.48. The van der Waals surface area contributed by atoms with Gasteiger partial charge in [0, 0.05) is 28.6 Å². The summed E-state index contributed by atoms with van der Waals surface area (Å²) in [5.41, 5.74) is 2.61. The van der Waals surface area contributed by atoms with Crippen molar-refractivity contribution >= 4 is 22.7 Å². The zero-order valence-electron chi connectivity index (χ0n) is 10.5. The van der Waals surface area contributed by atoms with Gasteiger partial charge in [0.2, 0.25) is 0 Å². The van der Waals surface area contributed by atoms with Crippen LogP contribution in [0.1, 0.15) is 24.3 Å². The molecule has 2 aromatic rings. The highest BCUT2D eigenvalue weighted by Gasteiger charge is 2.08. The summed E-state index contributed by atoms with van der Waals surface area (Å²) in [6.45, 7) is 8.58. The SMILES string of the molecule is Cc1cscc1-c1ncc(CNCC(C)C)s1. The molecule has 0 unspecified atom stereocenters. The average Bonchev–Trinajstić information content (AvgIpc) is 2.86. The highest BCUT2D eigenvalue weighted by Crippen LogP contribution is 2.30. The number of nitrogens with one attached hydrogen (secondary N) is 1. The van der Waals surface area contributed by atoms with Gasteiger partial charge in [-0.3, -0.25) is 0 Å². The first kappa shape index (κ1) is 12.7. The Morgan fingerprint density at radius 1 is 1.35 bits per heavy atom. The number of nitrogens with zero attached hydrogens (tertiary/aromatic N) is 1. The summed E-state index contributed by atoms with van der Waals surface area (Å²) >= 11 is 3.53. The normalized spacial score (nSPS) is 11.3. The number of thiazole rings is 1. The quantitative estimate of drug-likeness (QED) is 0.887. The fourth-order valence-corrected chi connectivity index (χ4v) is 3.45. The van der Waals surface area contributed by atoms with E-state index in [1.807, 2.05) is 6.20 Å². The van der Waals surface area contributed by atoms with Crippen LogP contribution in [0.3, 0.4) is 0 Å². The largest absolute Gasteiger partial charge is 0.312 e. The second-order valence-electron chi connectivity index (χ2n) is 4.62. The maximum atomic E-state index is 4.50. The molecular formula is C13H18N2S2. The Morgan fingerprint density at radius 3 is 2.82 bits per heavy atom. The zero-order valence-corrected chi connectivity index (χ0v) is 12.1. The molecule has 0 aliphatic carbocycles. The smallest absolute Gasteiger partial charge is 0.124 e. The Kier molecular flexibility index (Phi) is 4.31. The Labute approximate surface area is 111 Å². The average molecular weight is 266 g/mol. The third-order valence-electron chi connectivity index (χ3n) is 2.49. The third-order valence-corrected chi connectivity index (χ3v) is 4.38. The molecule has 2 nitrogen and oxygen atoms in total. The minimum Gasteiger partial charge on any atom is -0.312 e. The van der Waals surface area contributed by atoms with Crippen molar-refractivity contribution in [1.29, 1.82) is 0 Å². The monoisotopic (exact) mass is 266 g/mol. The van der Waals surface area contributed by atoms with Crippen LogP contribution in [0.5, 0.6) is 0 Å². The van der Waals surface area contributed by atoms with Crippen LogP contribution in [0.2, 0.25) is 0 Å². The van der Waals surface area contributed by atoms with E-state index in [-0.39, 0.29) is 0 Å². The number of rotatable bonds is 5. The van der Waals surface area contributed by atoms with E-state index in [0.29, 0.717) is 5.92 Å². The van der Waals surface area contributed by atoms with E-state index in [4.69, 9.17) is 0 Å². The van der Waals surface area contributed by atoms with Crippen molar-refractivity contribution in [2.24, 2.45) is 5.92 Å². The van der Waals surface area contributed by atoms with Gasteiger partial charge in [0.25, 0.3) is 0 Å². The molecule has 17 heavy (non-hydrogen) atoms. The summed E-state index contributed by atoms with van der Waals surface area (Å²) < 4.78 is 0. The third kappa shape index (κ3) is 3.37. The Balaban J connectivity index is 1.99. The van der Waals surface area contributed by atoms with Crippen LogP contribution in [0.4, 0.5) is 0 Å². The van der Waals surface area contributed by atoms with Gasteiger partial charge in [-0.05, 0) is 30.3 Å². The molecule has 0 aliphatic rings. The van der Waals surface area contributed by atoms with E-state index in [1.165, 1.54) is 16.0 Å². The van der Waals surface area contributed by atoms with Gasteiger partial charge in [-0.1, -0.05) is 13.8 Å². The van der Waals surface area contributed by atoms with E-state index in [0.717, 1.165) is 18.1 Å². The van der Waals surface area contributed by atoms with Crippen molar-refractivity contribution < 1.29 is 0 Å². The van der Waals surface area contributed by atoms with Crippen LogP contribution in [0, 0.1) is 12.8 Å². The molecule has 92 valence electrons. The Morgan fingerprint density at radius 2 is 2.18 bits per heavy atom. The predicted molar refractivity (Wildman–Crippen MR) is 76.7 cm³/mol. The van der Waals surface area contributed by atoms with Crippen molar-refractivity contribution in [3.63, 3.8) is 0 Å². The Bertz CT molecular complexity index is 471. The van der Waals surface area contributed by atoms with E-state index in [2.05, 4.69) is 41.8 Å². The van der Waals surface area contributed by atoms with Crippen LogP contribution in [-0.4, -0.2) is 11.5 Å². The van der Waals surface area contributed by atoms with Gasteiger partial charge in [-0.25, -0.2) is 4.98 Å². The summed E-state index contributed by atoms with van der Waals surface area (Å²) in [6, 6.07) is 0. The summed E-state index contributed by atoms with van der Waals surface area (Å²) in [5, 5.41) is 8.95. The lowest BCUT2D eigenvalue weighted by molar-refractivity contribution is 0.554. The maximum absolute atomic E-state index is 4.50. The van der Waals surface area contributed by atoms with Crippen LogP contribution >= 0.6 is 22.7 Å². The molecule has 0 atom stereocenters. The van der Waals surface area contributed by atoms with Crippen molar-refractivity contribution in [3.05, 3.63) is 27.4 Å². The molecule has 0 radical (unpaired) electrons. The summed E-state index contributed by atoms with van der Waals surface area (Å²) in [5.74, 6) is 0.696. The molecular weight excluding hydrogens is 248 g/mol. The van der Waals surface area contributed by atoms with Crippen LogP contribution < -0.4 is 5.32 Å². The van der Waals surface area contributed by atoms with E-state index in [1.54, 1.807) is 22.7 Å². The fraction of sp³-hybridized carbons (Fsp3) is 0.462. The lowest BCUT2D eigenvalue weighted by Crippen LogP contribution is -2.18. The van der Waals surface area contributed by atoms with Gasteiger partial charge in [0.1, 0.15) is 5.01 Å². The molecule has 0 saturated carbocycles. The highest BCUT2D eigenvalue weighted by molar-refractivity contribution is 7.15. The Hall–Kier alpha value is -0.710. The molecule has 2 aromatic heterocycles. The van der Waals surface area contributed by atoms with Crippen LogP contribution in [0.25, 0.3) is 10.6 Å². The molecule has 0 bridgehead atoms. The lowest BCUT2D eigenvalue weighted by Gasteiger charge is -2.04. The first-order valence-electron chi connectivity index (χ1n) is 5.85.